The maximum Gasteiger partial charge on any atom is 0.143 e. The highest BCUT2D eigenvalue weighted by molar-refractivity contribution is 5.46. The van der Waals surface area contributed by atoms with Gasteiger partial charge in [0.1, 0.15) is 11.6 Å². The summed E-state index contributed by atoms with van der Waals surface area (Å²) in [4.78, 5) is 0. The Labute approximate surface area is 119 Å². The number of hydrogen-bond donors (Lipinski definition) is 1. The molecule has 2 aliphatic rings. The Morgan fingerprint density at radius 3 is 2.55 bits per heavy atom. The van der Waals surface area contributed by atoms with E-state index in [1.165, 1.54) is 49.3 Å². The number of fused-ring (bicyclic) bond motifs is 1. The number of nitrogens with two attached hydrogens (primary N) is 1. The minimum absolute atomic E-state index is 0.100. The molecule has 0 radical (unpaired) electrons. The Bertz CT molecular complexity index is 622. The summed E-state index contributed by atoms with van der Waals surface area (Å²) in [5.74, 6) is 2.36. The molecule has 1 aliphatic heterocycles. The summed E-state index contributed by atoms with van der Waals surface area (Å²) in [7, 11) is 0. The van der Waals surface area contributed by atoms with Gasteiger partial charge in [-0.15, -0.1) is 10.2 Å². The van der Waals surface area contributed by atoms with Crippen molar-refractivity contribution in [3.8, 4) is 0 Å². The van der Waals surface area contributed by atoms with E-state index in [4.69, 9.17) is 5.73 Å². The van der Waals surface area contributed by atoms with E-state index >= 15 is 0 Å². The van der Waals surface area contributed by atoms with E-state index in [-0.39, 0.29) is 5.41 Å². The first-order valence-corrected chi connectivity index (χ1v) is 7.58. The van der Waals surface area contributed by atoms with E-state index in [2.05, 4.69) is 26.9 Å². The second kappa shape index (κ2) is 4.33. The van der Waals surface area contributed by atoms with Gasteiger partial charge in [-0.3, -0.25) is 0 Å². The van der Waals surface area contributed by atoms with E-state index in [0.717, 1.165) is 18.7 Å². The quantitative estimate of drug-likeness (QED) is 0.852. The Kier molecular flexibility index (Phi) is 2.59. The van der Waals surface area contributed by atoms with E-state index in [1.54, 1.807) is 0 Å². The lowest BCUT2D eigenvalue weighted by Gasteiger charge is -2.17. The van der Waals surface area contributed by atoms with E-state index in [9.17, 15) is 0 Å². The molecule has 1 fully saturated rings. The molecule has 0 atom stereocenters. The van der Waals surface area contributed by atoms with Crippen LogP contribution in [-0.4, -0.2) is 14.8 Å². The first-order valence-electron chi connectivity index (χ1n) is 7.58. The van der Waals surface area contributed by atoms with Gasteiger partial charge >= 0.3 is 0 Å². The molecule has 4 rings (SSSR count). The number of rotatable bonds is 2. The van der Waals surface area contributed by atoms with Gasteiger partial charge in [-0.25, -0.2) is 0 Å². The maximum absolute atomic E-state index is 5.81. The van der Waals surface area contributed by atoms with E-state index < -0.39 is 0 Å². The van der Waals surface area contributed by atoms with Gasteiger partial charge in [0.15, 0.2) is 0 Å². The SMILES string of the molecule is Nc1ccc(C2(c3nnc4n3CCCCC4)CC2)cc1. The Hall–Kier alpha value is -1.84. The normalized spacial score (nSPS) is 20.2. The minimum atomic E-state index is 0.100. The van der Waals surface area contributed by atoms with Gasteiger partial charge in [-0.1, -0.05) is 18.6 Å². The molecule has 1 aromatic carbocycles. The molecular weight excluding hydrogens is 248 g/mol. The molecule has 0 bridgehead atoms. The van der Waals surface area contributed by atoms with Crippen molar-refractivity contribution in [1.29, 1.82) is 0 Å². The number of nitrogens with zero attached hydrogens (tertiary/aromatic N) is 3. The summed E-state index contributed by atoms with van der Waals surface area (Å²) >= 11 is 0. The van der Waals surface area contributed by atoms with Crippen LogP contribution in [0.2, 0.25) is 0 Å². The molecule has 20 heavy (non-hydrogen) atoms. The van der Waals surface area contributed by atoms with Crippen molar-refractivity contribution in [3.63, 3.8) is 0 Å². The summed E-state index contributed by atoms with van der Waals surface area (Å²) in [6.07, 6.45) is 7.22. The van der Waals surface area contributed by atoms with Crippen molar-refractivity contribution in [2.45, 2.75) is 50.5 Å². The third-order valence-corrected chi connectivity index (χ3v) is 4.75. The van der Waals surface area contributed by atoms with Gasteiger partial charge in [0.2, 0.25) is 0 Å². The van der Waals surface area contributed by atoms with Crippen molar-refractivity contribution in [2.24, 2.45) is 0 Å². The lowest BCUT2D eigenvalue weighted by molar-refractivity contribution is 0.579. The van der Waals surface area contributed by atoms with E-state index in [0.29, 0.717) is 0 Å². The fraction of sp³-hybridized carbons (Fsp3) is 0.500. The number of benzene rings is 1. The standard InChI is InChI=1S/C16H20N4/c17-13-7-5-12(6-8-13)16(9-10-16)15-19-18-14-4-2-1-3-11-20(14)15/h5-8H,1-4,9-11,17H2. The Morgan fingerprint density at radius 1 is 1.00 bits per heavy atom. The van der Waals surface area contributed by atoms with Crippen LogP contribution < -0.4 is 5.73 Å². The fourth-order valence-electron chi connectivity index (χ4n) is 3.41. The topological polar surface area (TPSA) is 56.7 Å². The van der Waals surface area contributed by atoms with Crippen LogP contribution in [0.5, 0.6) is 0 Å². The van der Waals surface area contributed by atoms with Gasteiger partial charge < -0.3 is 10.3 Å². The van der Waals surface area contributed by atoms with Crippen molar-refractivity contribution in [1.82, 2.24) is 14.8 Å². The maximum atomic E-state index is 5.81. The zero-order valence-electron chi connectivity index (χ0n) is 11.7. The number of aryl methyl sites for hydroxylation is 1. The lowest BCUT2D eigenvalue weighted by Crippen LogP contribution is -2.17. The summed E-state index contributed by atoms with van der Waals surface area (Å²) in [5.41, 5.74) is 8.07. The number of aromatic nitrogens is 3. The average molecular weight is 268 g/mol. The predicted octanol–water partition coefficient (Wildman–Crippen LogP) is 2.67. The minimum Gasteiger partial charge on any atom is -0.399 e. The summed E-state index contributed by atoms with van der Waals surface area (Å²) in [5, 5.41) is 9.01. The zero-order valence-corrected chi connectivity index (χ0v) is 11.7. The first kappa shape index (κ1) is 11.9. The average Bonchev–Trinajstić information content (AvgIpc) is 3.22. The molecule has 0 spiro atoms. The van der Waals surface area contributed by atoms with Crippen molar-refractivity contribution < 1.29 is 0 Å². The van der Waals surface area contributed by atoms with Crippen molar-refractivity contribution >= 4 is 5.69 Å². The molecule has 4 nitrogen and oxygen atoms in total. The smallest absolute Gasteiger partial charge is 0.143 e. The van der Waals surface area contributed by atoms with E-state index in [1.807, 2.05) is 12.1 Å². The molecular formula is C16H20N4. The molecule has 104 valence electrons. The van der Waals surface area contributed by atoms with Crippen LogP contribution in [0, 0.1) is 0 Å². The van der Waals surface area contributed by atoms with Crippen LogP contribution in [0.15, 0.2) is 24.3 Å². The molecule has 1 aromatic heterocycles. The molecule has 1 saturated carbocycles. The second-order valence-electron chi connectivity index (χ2n) is 6.11. The number of nitrogen functional groups attached to an aromatic ring is 1. The van der Waals surface area contributed by atoms with Crippen LogP contribution >= 0.6 is 0 Å². The molecule has 0 unspecified atom stereocenters. The van der Waals surface area contributed by atoms with Crippen LogP contribution in [0.1, 0.15) is 49.3 Å². The summed E-state index contributed by atoms with van der Waals surface area (Å²) in [6.45, 7) is 1.08. The molecule has 4 heteroatoms. The van der Waals surface area contributed by atoms with Crippen molar-refractivity contribution in [2.75, 3.05) is 5.73 Å². The monoisotopic (exact) mass is 268 g/mol. The first-order chi connectivity index (χ1) is 9.79. The summed E-state index contributed by atoms with van der Waals surface area (Å²) in [6, 6.07) is 8.30. The number of anilines is 1. The molecule has 0 amide bonds. The fourth-order valence-corrected chi connectivity index (χ4v) is 3.41. The van der Waals surface area contributed by atoms with Gasteiger partial charge in [-0.2, -0.15) is 0 Å². The van der Waals surface area contributed by atoms with Crippen LogP contribution in [0.4, 0.5) is 5.69 Å². The highest BCUT2D eigenvalue weighted by atomic mass is 15.3. The number of hydrogen-bond acceptors (Lipinski definition) is 3. The molecule has 1 aliphatic carbocycles. The van der Waals surface area contributed by atoms with Gasteiger partial charge in [0.05, 0.1) is 5.41 Å². The van der Waals surface area contributed by atoms with Gasteiger partial charge in [0.25, 0.3) is 0 Å². The molecule has 2 N–H and O–H groups in total. The summed E-state index contributed by atoms with van der Waals surface area (Å²) < 4.78 is 2.39. The molecule has 2 heterocycles. The highest BCUT2D eigenvalue weighted by Crippen LogP contribution is 2.53. The zero-order chi connectivity index (χ0) is 13.6. The second-order valence-corrected chi connectivity index (χ2v) is 6.11. The lowest BCUT2D eigenvalue weighted by atomic mass is 9.94. The van der Waals surface area contributed by atoms with Gasteiger partial charge in [0, 0.05) is 18.7 Å². The third kappa shape index (κ3) is 1.74. The molecule has 0 saturated heterocycles. The van der Waals surface area contributed by atoms with Crippen LogP contribution in [0.25, 0.3) is 0 Å². The van der Waals surface area contributed by atoms with Crippen LogP contribution in [-0.2, 0) is 18.4 Å². The van der Waals surface area contributed by atoms with Crippen LogP contribution in [0.3, 0.4) is 0 Å². The van der Waals surface area contributed by atoms with Crippen molar-refractivity contribution in [3.05, 3.63) is 41.5 Å². The third-order valence-electron chi connectivity index (χ3n) is 4.75. The highest BCUT2D eigenvalue weighted by Gasteiger charge is 2.50. The Morgan fingerprint density at radius 2 is 1.80 bits per heavy atom. The van der Waals surface area contributed by atoms with Gasteiger partial charge in [-0.05, 0) is 43.4 Å². The molecule has 2 aromatic rings. The predicted molar refractivity (Wildman–Crippen MR) is 78.4 cm³/mol. The largest absolute Gasteiger partial charge is 0.399 e. The Balaban J connectivity index is 1.77.